The Morgan fingerprint density at radius 3 is 2.72 bits per heavy atom. The van der Waals surface area contributed by atoms with E-state index in [1.54, 1.807) is 7.11 Å². The Morgan fingerprint density at radius 1 is 1.14 bits per heavy atom. The number of nitrogens with zero attached hydrogens (tertiary/aromatic N) is 2. The fourth-order valence-electron chi connectivity index (χ4n) is 5.90. The van der Waals surface area contributed by atoms with Gasteiger partial charge in [0.1, 0.15) is 5.75 Å². The van der Waals surface area contributed by atoms with Crippen molar-refractivity contribution in [1.29, 1.82) is 0 Å². The van der Waals surface area contributed by atoms with Crippen LogP contribution in [0.25, 0.3) is 0 Å². The lowest BCUT2D eigenvalue weighted by Crippen LogP contribution is -2.65. The van der Waals surface area contributed by atoms with E-state index >= 15 is 0 Å². The van der Waals surface area contributed by atoms with Crippen molar-refractivity contribution in [1.82, 2.24) is 9.80 Å². The van der Waals surface area contributed by atoms with Gasteiger partial charge in [0.2, 0.25) is 0 Å². The third-order valence-corrected chi connectivity index (χ3v) is 7.49. The molecule has 152 valence electrons. The van der Waals surface area contributed by atoms with Gasteiger partial charge in [-0.05, 0) is 68.2 Å². The van der Waals surface area contributed by atoms with Crippen molar-refractivity contribution in [3.05, 3.63) is 59.7 Å². The number of nitrogens with one attached hydrogen (secondary N) is 1. The maximum absolute atomic E-state index is 13.0. The number of hydrogen-bond acceptors (Lipinski definition) is 3. The van der Waals surface area contributed by atoms with Crippen LogP contribution in [-0.4, -0.2) is 55.7 Å². The molecule has 0 radical (unpaired) electrons. The van der Waals surface area contributed by atoms with E-state index in [-0.39, 0.29) is 11.4 Å². The second kappa shape index (κ2) is 7.06. The van der Waals surface area contributed by atoms with Gasteiger partial charge in [0.15, 0.2) is 0 Å². The molecule has 1 aliphatic carbocycles. The van der Waals surface area contributed by atoms with Gasteiger partial charge in [0.05, 0.1) is 7.11 Å². The van der Waals surface area contributed by atoms with Gasteiger partial charge >= 0.3 is 6.03 Å². The van der Waals surface area contributed by atoms with Crippen molar-refractivity contribution in [3.63, 3.8) is 0 Å². The van der Waals surface area contributed by atoms with Gasteiger partial charge in [-0.2, -0.15) is 0 Å². The fourth-order valence-corrected chi connectivity index (χ4v) is 5.90. The Bertz CT molecular complexity index is 916. The van der Waals surface area contributed by atoms with E-state index in [1.807, 2.05) is 35.2 Å². The van der Waals surface area contributed by atoms with Crippen LogP contribution in [0.15, 0.2) is 48.5 Å². The van der Waals surface area contributed by atoms with Crippen LogP contribution in [0.5, 0.6) is 5.75 Å². The molecule has 2 heterocycles. The lowest BCUT2D eigenvalue weighted by Gasteiger charge is -2.59. The van der Waals surface area contributed by atoms with E-state index in [4.69, 9.17) is 4.74 Å². The van der Waals surface area contributed by atoms with E-state index in [0.29, 0.717) is 12.0 Å². The summed E-state index contributed by atoms with van der Waals surface area (Å²) < 4.78 is 5.56. The standard InChI is InChI=1S/C24H29N3O2/c1-26-12-10-24-11-13-27(23(28)25-18-6-4-3-5-7-18)16-21(24)22(26)14-17-8-9-19(29-2)15-20(17)24/h3-9,15,21-22H,10-14,16H2,1-2H3,(H,25,28)/t21-,22+,24+/m0/s1. The predicted octanol–water partition coefficient (Wildman–Crippen LogP) is 3.75. The highest BCUT2D eigenvalue weighted by Gasteiger charge is 2.55. The van der Waals surface area contributed by atoms with Crippen molar-refractivity contribution in [2.75, 3.05) is 39.1 Å². The number of urea groups is 1. The first-order chi connectivity index (χ1) is 14.1. The minimum Gasteiger partial charge on any atom is -0.497 e. The zero-order valence-electron chi connectivity index (χ0n) is 17.2. The van der Waals surface area contributed by atoms with E-state index in [2.05, 4.69) is 35.5 Å². The molecule has 2 amide bonds. The number of methoxy groups -OCH3 is 1. The van der Waals surface area contributed by atoms with Crippen LogP contribution >= 0.6 is 0 Å². The molecule has 3 atom stereocenters. The van der Waals surface area contributed by atoms with Gasteiger partial charge in [-0.3, -0.25) is 0 Å². The highest BCUT2D eigenvalue weighted by atomic mass is 16.5. The molecule has 2 aromatic carbocycles. The first-order valence-electron chi connectivity index (χ1n) is 10.6. The van der Waals surface area contributed by atoms with E-state index in [9.17, 15) is 4.79 Å². The van der Waals surface area contributed by atoms with Crippen LogP contribution in [0.4, 0.5) is 10.5 Å². The quantitative estimate of drug-likeness (QED) is 0.848. The van der Waals surface area contributed by atoms with Crippen LogP contribution < -0.4 is 10.1 Å². The summed E-state index contributed by atoms with van der Waals surface area (Å²) in [6, 6.07) is 16.9. The molecule has 2 fully saturated rings. The lowest BCUT2D eigenvalue weighted by atomic mass is 9.54. The number of likely N-dealkylation sites (tertiary alicyclic amines) is 2. The highest BCUT2D eigenvalue weighted by Crippen LogP contribution is 2.53. The normalized spacial score (nSPS) is 28.3. The number of ether oxygens (including phenoxy) is 1. The molecular weight excluding hydrogens is 362 g/mol. The average molecular weight is 392 g/mol. The number of carbonyl (C=O) groups is 1. The Morgan fingerprint density at radius 2 is 1.93 bits per heavy atom. The van der Waals surface area contributed by atoms with Crippen molar-refractivity contribution in [2.45, 2.75) is 30.7 Å². The van der Waals surface area contributed by atoms with Gasteiger partial charge in [0.25, 0.3) is 0 Å². The SMILES string of the molecule is COc1ccc2c(c1)[C@@]13CCN(C(=O)Nc4ccccc4)C[C@H]1[C@@H](C2)N(C)CC3. The number of anilines is 1. The zero-order valence-corrected chi connectivity index (χ0v) is 17.2. The summed E-state index contributed by atoms with van der Waals surface area (Å²) in [5.41, 5.74) is 3.94. The monoisotopic (exact) mass is 391 g/mol. The number of amides is 2. The molecule has 0 saturated carbocycles. The average Bonchev–Trinajstić information content (AvgIpc) is 2.76. The minimum absolute atomic E-state index is 0.0169. The summed E-state index contributed by atoms with van der Waals surface area (Å²) in [7, 11) is 3.99. The predicted molar refractivity (Wildman–Crippen MR) is 115 cm³/mol. The number of likely N-dealkylation sites (N-methyl/N-ethyl adjacent to an activating group) is 1. The molecule has 2 aromatic rings. The number of para-hydroxylation sites is 1. The van der Waals surface area contributed by atoms with E-state index in [0.717, 1.165) is 50.3 Å². The number of benzene rings is 2. The minimum atomic E-state index is 0.0169. The van der Waals surface area contributed by atoms with Crippen LogP contribution in [0.1, 0.15) is 24.0 Å². The highest BCUT2D eigenvalue weighted by molar-refractivity contribution is 5.89. The molecule has 0 spiro atoms. The smallest absolute Gasteiger partial charge is 0.321 e. The molecule has 0 aromatic heterocycles. The number of rotatable bonds is 2. The Labute approximate surface area is 172 Å². The van der Waals surface area contributed by atoms with Crippen molar-refractivity contribution in [3.8, 4) is 5.75 Å². The molecule has 0 unspecified atom stereocenters. The maximum Gasteiger partial charge on any atom is 0.321 e. The molecule has 5 heteroatoms. The number of piperidine rings is 2. The van der Waals surface area contributed by atoms with Gasteiger partial charge in [-0.1, -0.05) is 24.3 Å². The Kier molecular flexibility index (Phi) is 4.50. The Hall–Kier alpha value is -2.53. The van der Waals surface area contributed by atoms with Crippen LogP contribution in [-0.2, 0) is 11.8 Å². The fraction of sp³-hybridized carbons (Fsp3) is 0.458. The van der Waals surface area contributed by atoms with Gasteiger partial charge < -0.3 is 19.9 Å². The molecule has 3 aliphatic rings. The summed E-state index contributed by atoms with van der Waals surface area (Å²) in [5, 5.41) is 3.07. The van der Waals surface area contributed by atoms with E-state index in [1.165, 1.54) is 11.1 Å². The summed E-state index contributed by atoms with van der Waals surface area (Å²) in [6.07, 6.45) is 3.22. The van der Waals surface area contributed by atoms with Gasteiger partial charge in [0, 0.05) is 36.2 Å². The second-order valence-electron chi connectivity index (χ2n) is 8.78. The summed E-state index contributed by atoms with van der Waals surface area (Å²) in [4.78, 5) is 17.5. The van der Waals surface area contributed by atoms with E-state index < -0.39 is 0 Å². The van der Waals surface area contributed by atoms with Gasteiger partial charge in [-0.25, -0.2) is 4.79 Å². The summed E-state index contributed by atoms with van der Waals surface area (Å²) >= 11 is 0. The molecule has 5 rings (SSSR count). The molecule has 5 nitrogen and oxygen atoms in total. The van der Waals surface area contributed by atoms with Crippen LogP contribution in [0.2, 0.25) is 0 Å². The largest absolute Gasteiger partial charge is 0.497 e. The second-order valence-corrected chi connectivity index (χ2v) is 8.78. The molecular formula is C24H29N3O2. The zero-order chi connectivity index (χ0) is 20.0. The third-order valence-electron chi connectivity index (χ3n) is 7.49. The maximum atomic E-state index is 13.0. The first-order valence-corrected chi connectivity index (χ1v) is 10.6. The van der Waals surface area contributed by atoms with Crippen molar-refractivity contribution < 1.29 is 9.53 Å². The molecule has 1 N–H and O–H groups in total. The number of carbonyl (C=O) groups excluding carboxylic acids is 1. The first kappa shape index (κ1) is 18.5. The molecule has 2 aliphatic heterocycles. The molecule has 2 saturated heterocycles. The van der Waals surface area contributed by atoms with Crippen LogP contribution in [0, 0.1) is 5.92 Å². The van der Waals surface area contributed by atoms with Gasteiger partial charge in [-0.15, -0.1) is 0 Å². The van der Waals surface area contributed by atoms with Crippen LogP contribution in [0.3, 0.4) is 0 Å². The van der Waals surface area contributed by atoms with Crippen molar-refractivity contribution in [2.24, 2.45) is 5.92 Å². The third kappa shape index (κ3) is 2.99. The Balaban J connectivity index is 1.45. The molecule has 29 heavy (non-hydrogen) atoms. The lowest BCUT2D eigenvalue weighted by molar-refractivity contribution is -0.0153. The van der Waals surface area contributed by atoms with Crippen molar-refractivity contribution >= 4 is 11.7 Å². The number of hydrogen-bond donors (Lipinski definition) is 1. The topological polar surface area (TPSA) is 44.8 Å². The number of fused-ring (bicyclic) bond motifs is 1. The summed E-state index contributed by atoms with van der Waals surface area (Å²) in [6.45, 7) is 2.72. The molecule has 2 bridgehead atoms. The summed E-state index contributed by atoms with van der Waals surface area (Å²) in [5.74, 6) is 1.40.